The Kier molecular flexibility index (Phi) is 9.82. The highest BCUT2D eigenvalue weighted by Crippen LogP contribution is 2.47. The van der Waals surface area contributed by atoms with Crippen LogP contribution in [0.2, 0.25) is 0 Å². The van der Waals surface area contributed by atoms with Crippen molar-refractivity contribution in [2.45, 2.75) is 69.9 Å². The van der Waals surface area contributed by atoms with Crippen LogP contribution in [0.4, 0.5) is 11.4 Å². The van der Waals surface area contributed by atoms with Gasteiger partial charge in [-0.2, -0.15) is 0 Å². The van der Waals surface area contributed by atoms with Crippen molar-refractivity contribution < 1.29 is 24.2 Å². The molecule has 0 bridgehead atoms. The van der Waals surface area contributed by atoms with Crippen molar-refractivity contribution in [3.63, 3.8) is 0 Å². The minimum Gasteiger partial charge on any atom is -0.508 e. The number of carbonyl (C=O) groups is 3. The maximum absolute atomic E-state index is 13.2. The van der Waals surface area contributed by atoms with Gasteiger partial charge in [-0.05, 0) is 127 Å². The molecule has 0 radical (unpaired) electrons. The fourth-order valence-electron chi connectivity index (χ4n) is 10.5. The van der Waals surface area contributed by atoms with Gasteiger partial charge in [0.05, 0.1) is 0 Å². The van der Waals surface area contributed by atoms with Crippen LogP contribution in [0.3, 0.4) is 0 Å². The number of ether oxygens (including phenoxy) is 1. The first-order valence-electron chi connectivity index (χ1n) is 20.4. The normalized spacial score (nSPS) is 25.8. The summed E-state index contributed by atoms with van der Waals surface area (Å²) in [6.07, 6.45) is 7.55. The fourth-order valence-corrected chi connectivity index (χ4v) is 10.5. The number of phenolic OH excluding ortho intramolecular Hbond substituents is 1. The lowest BCUT2D eigenvalue weighted by atomic mass is 9.65. The van der Waals surface area contributed by atoms with E-state index in [1.807, 2.05) is 24.3 Å². The van der Waals surface area contributed by atoms with Gasteiger partial charge < -0.3 is 24.5 Å². The summed E-state index contributed by atoms with van der Waals surface area (Å²) >= 11 is 0. The lowest BCUT2D eigenvalue weighted by molar-refractivity contribution is -0.136. The summed E-state index contributed by atoms with van der Waals surface area (Å²) in [5, 5.41) is 12.6. The zero-order valence-corrected chi connectivity index (χ0v) is 31.3. The van der Waals surface area contributed by atoms with Crippen molar-refractivity contribution in [2.24, 2.45) is 17.8 Å². The second kappa shape index (κ2) is 15.0. The molecule has 5 heterocycles. The van der Waals surface area contributed by atoms with Crippen LogP contribution in [0, 0.1) is 17.8 Å². The highest BCUT2D eigenvalue weighted by atomic mass is 16.5. The molecular formula is C44H53N5O5. The standard InChI is InChI=1S/C44H53N5O5/c50-36-7-10-38-32(26-36)3-8-37(30-15-23-54-24-16-30)42(38)31-1-4-34(5-2-31)47-17-13-29(14-18-47)27-46-19-21-48(22-20-46)35-6-9-39-33(25-35)28-49(44(39)53)40-11-12-41(51)45-43(40)52/h1-2,4-7,9-10,25-26,29-30,37,40,42,50H,3,8,11-24,27-28H2,(H,45,51,52). The van der Waals surface area contributed by atoms with Gasteiger partial charge in [0.1, 0.15) is 11.8 Å². The molecule has 1 aliphatic carbocycles. The van der Waals surface area contributed by atoms with Crippen LogP contribution in [0.5, 0.6) is 5.75 Å². The number of piperidine rings is 2. The van der Waals surface area contributed by atoms with Crippen molar-refractivity contribution in [3.05, 3.63) is 88.5 Å². The van der Waals surface area contributed by atoms with Gasteiger partial charge in [-0.3, -0.25) is 24.6 Å². The van der Waals surface area contributed by atoms with E-state index in [0.29, 0.717) is 48.0 Å². The van der Waals surface area contributed by atoms with E-state index in [4.69, 9.17) is 4.74 Å². The van der Waals surface area contributed by atoms with Crippen LogP contribution < -0.4 is 15.1 Å². The maximum Gasteiger partial charge on any atom is 0.255 e. The Morgan fingerprint density at radius 1 is 0.722 bits per heavy atom. The van der Waals surface area contributed by atoms with Crippen LogP contribution in [0.25, 0.3) is 0 Å². The third kappa shape index (κ3) is 6.99. The molecule has 0 spiro atoms. The van der Waals surface area contributed by atoms with Crippen LogP contribution >= 0.6 is 0 Å². The third-order valence-electron chi connectivity index (χ3n) is 13.5. The summed E-state index contributed by atoms with van der Waals surface area (Å²) in [5.74, 6) is 1.96. The zero-order valence-electron chi connectivity index (χ0n) is 31.3. The summed E-state index contributed by atoms with van der Waals surface area (Å²) in [7, 11) is 0. The molecule has 5 aliphatic heterocycles. The molecule has 284 valence electrons. The van der Waals surface area contributed by atoms with Crippen molar-refractivity contribution >= 4 is 29.1 Å². The van der Waals surface area contributed by atoms with Crippen molar-refractivity contribution in [1.29, 1.82) is 0 Å². The molecule has 3 amide bonds. The molecular weight excluding hydrogens is 679 g/mol. The monoisotopic (exact) mass is 731 g/mol. The van der Waals surface area contributed by atoms with E-state index in [1.165, 1.54) is 41.6 Å². The second-order valence-corrected chi connectivity index (χ2v) is 16.6. The maximum atomic E-state index is 13.2. The number of nitrogens with one attached hydrogen (secondary N) is 1. The highest BCUT2D eigenvalue weighted by Gasteiger charge is 2.40. The van der Waals surface area contributed by atoms with Gasteiger partial charge >= 0.3 is 0 Å². The molecule has 54 heavy (non-hydrogen) atoms. The smallest absolute Gasteiger partial charge is 0.255 e. The van der Waals surface area contributed by atoms with Crippen molar-refractivity contribution in [2.75, 3.05) is 68.8 Å². The number of hydrogen-bond acceptors (Lipinski definition) is 8. The van der Waals surface area contributed by atoms with E-state index in [1.54, 1.807) is 4.90 Å². The zero-order chi connectivity index (χ0) is 36.8. The van der Waals surface area contributed by atoms with Gasteiger partial charge in [-0.25, -0.2) is 0 Å². The lowest BCUT2D eigenvalue weighted by Gasteiger charge is -2.41. The number of benzene rings is 3. The summed E-state index contributed by atoms with van der Waals surface area (Å²) in [5.41, 5.74) is 8.19. The van der Waals surface area contributed by atoms with Gasteiger partial charge in [-0.15, -0.1) is 0 Å². The fraction of sp³-hybridized carbons (Fsp3) is 0.523. The number of imide groups is 1. The van der Waals surface area contributed by atoms with E-state index < -0.39 is 6.04 Å². The minimum absolute atomic E-state index is 0.119. The number of fused-ring (bicyclic) bond motifs is 2. The van der Waals surface area contributed by atoms with Gasteiger partial charge in [0.2, 0.25) is 11.8 Å². The second-order valence-electron chi connectivity index (χ2n) is 16.6. The van der Waals surface area contributed by atoms with Gasteiger partial charge in [-0.1, -0.05) is 18.2 Å². The predicted molar refractivity (Wildman–Crippen MR) is 208 cm³/mol. The summed E-state index contributed by atoms with van der Waals surface area (Å²) in [6.45, 7) is 9.44. The molecule has 6 aliphatic rings. The SMILES string of the molecule is O=C1CCC(N2Cc3cc(N4CCN(CC5CCN(c6ccc(C7c8ccc(O)cc8CCC7C7CCOCC7)cc6)CC5)CC4)ccc3C2=O)C(=O)N1. The van der Waals surface area contributed by atoms with E-state index in [2.05, 4.69) is 56.4 Å². The molecule has 3 atom stereocenters. The first-order valence-corrected chi connectivity index (χ1v) is 20.4. The minimum atomic E-state index is -0.583. The molecule has 9 rings (SSSR count). The Hall–Kier alpha value is -4.41. The van der Waals surface area contributed by atoms with E-state index in [-0.39, 0.29) is 24.1 Å². The average Bonchev–Trinajstić information content (AvgIpc) is 3.53. The summed E-state index contributed by atoms with van der Waals surface area (Å²) in [4.78, 5) is 46.5. The Morgan fingerprint density at radius 2 is 1.46 bits per heavy atom. The largest absolute Gasteiger partial charge is 0.508 e. The summed E-state index contributed by atoms with van der Waals surface area (Å²) < 4.78 is 5.74. The van der Waals surface area contributed by atoms with Gasteiger partial charge in [0.15, 0.2) is 0 Å². The van der Waals surface area contributed by atoms with Crippen LogP contribution in [-0.4, -0.2) is 97.7 Å². The number of nitrogens with zero attached hydrogens (tertiary/aromatic N) is 4. The number of phenols is 1. The lowest BCUT2D eigenvalue weighted by Crippen LogP contribution is -2.52. The number of rotatable bonds is 7. The van der Waals surface area contributed by atoms with Crippen molar-refractivity contribution in [3.8, 4) is 5.75 Å². The number of hydrogen-bond donors (Lipinski definition) is 2. The number of amides is 3. The Bertz CT molecular complexity index is 1880. The Labute approximate surface area is 318 Å². The molecule has 3 unspecified atom stereocenters. The number of carbonyl (C=O) groups excluding carboxylic acids is 3. The van der Waals surface area contributed by atoms with Crippen LogP contribution in [-0.2, 0) is 27.3 Å². The first kappa shape index (κ1) is 35.3. The number of anilines is 2. The number of aryl methyl sites for hydroxylation is 1. The molecule has 0 aromatic heterocycles. The molecule has 10 heteroatoms. The van der Waals surface area contributed by atoms with Crippen molar-refractivity contribution in [1.82, 2.24) is 15.1 Å². The topological polar surface area (TPSA) is 106 Å². The first-order chi connectivity index (χ1) is 26.4. The molecule has 4 fully saturated rings. The van der Waals surface area contributed by atoms with E-state index >= 15 is 0 Å². The highest BCUT2D eigenvalue weighted by molar-refractivity contribution is 6.05. The average molecular weight is 732 g/mol. The van der Waals surface area contributed by atoms with Gasteiger partial charge in [0.25, 0.3) is 5.91 Å². The van der Waals surface area contributed by atoms with Crippen LogP contribution in [0.1, 0.15) is 83.5 Å². The summed E-state index contributed by atoms with van der Waals surface area (Å²) in [6, 6.07) is 21.0. The van der Waals surface area contributed by atoms with E-state index in [0.717, 1.165) is 89.5 Å². The molecule has 0 saturated carbocycles. The molecule has 4 saturated heterocycles. The van der Waals surface area contributed by atoms with Crippen LogP contribution in [0.15, 0.2) is 60.7 Å². The number of piperazine rings is 1. The number of aromatic hydroxyl groups is 1. The molecule has 3 aromatic rings. The molecule has 3 aromatic carbocycles. The third-order valence-corrected chi connectivity index (χ3v) is 13.5. The quantitative estimate of drug-likeness (QED) is 0.315. The molecule has 10 nitrogen and oxygen atoms in total. The Balaban J connectivity index is 0.773. The van der Waals surface area contributed by atoms with E-state index in [9.17, 15) is 19.5 Å². The van der Waals surface area contributed by atoms with Gasteiger partial charge in [0, 0.05) is 94.8 Å². The Morgan fingerprint density at radius 3 is 2.22 bits per heavy atom. The molecule has 2 N–H and O–H groups in total. The predicted octanol–water partition coefficient (Wildman–Crippen LogP) is 5.31.